The molecule has 0 heterocycles. The maximum absolute atomic E-state index is 3.43. The van der Waals surface area contributed by atoms with Crippen molar-refractivity contribution in [2.24, 2.45) is 0 Å². The number of rotatable bonds is 1. The molecular weight excluding hydrogens is 315 g/mol. The molecule has 0 N–H and O–H groups in total. The number of hydrogen-bond acceptors (Lipinski definition) is 0. The fraction of sp³-hybridized carbons (Fsp3) is 0.417. The first-order chi connectivity index (χ1) is 6.15. The molecule has 0 radical (unpaired) electrons. The van der Waals surface area contributed by atoms with E-state index < -0.39 is 0 Å². The Morgan fingerprint density at radius 1 is 1.50 bits per heavy atom. The van der Waals surface area contributed by atoms with Crippen LogP contribution in [0, 0.1) is 12.0 Å². The van der Waals surface area contributed by atoms with Crippen molar-refractivity contribution in [2.45, 2.75) is 27.2 Å². The summed E-state index contributed by atoms with van der Waals surface area (Å²) >= 11 is 3.13. The smallest absolute Gasteiger partial charge is 0.323 e. The molecule has 0 atom stereocenters. The summed E-state index contributed by atoms with van der Waals surface area (Å²) < 4.78 is 0. The van der Waals surface area contributed by atoms with E-state index in [1.807, 2.05) is 12.2 Å². The molecule has 0 aliphatic heterocycles. The van der Waals surface area contributed by atoms with Gasteiger partial charge >= 0.3 is 26.2 Å². The van der Waals surface area contributed by atoms with Gasteiger partial charge in [0.1, 0.15) is 0 Å². The van der Waals surface area contributed by atoms with Crippen molar-refractivity contribution < 1.29 is 26.2 Å². The van der Waals surface area contributed by atoms with E-state index in [0.29, 0.717) is 0 Å². The maximum Gasteiger partial charge on any atom is 2.00 e. The molecule has 1 aliphatic carbocycles. The van der Waals surface area contributed by atoms with Crippen molar-refractivity contribution >= 4 is 15.9 Å². The van der Waals surface area contributed by atoms with E-state index >= 15 is 0 Å². The Morgan fingerprint density at radius 2 is 1.93 bits per heavy atom. The van der Waals surface area contributed by atoms with Crippen LogP contribution in [-0.4, -0.2) is 5.33 Å². The monoisotopic (exact) mass is 332 g/mol. The van der Waals surface area contributed by atoms with Crippen LogP contribution in [0.15, 0.2) is 30.9 Å². The Kier molecular flexibility index (Phi) is 27.5. The van der Waals surface area contributed by atoms with Crippen molar-refractivity contribution in [1.82, 2.24) is 0 Å². The van der Waals surface area contributed by atoms with Crippen molar-refractivity contribution in [3.63, 3.8) is 0 Å². The molecule has 0 spiro atoms. The van der Waals surface area contributed by atoms with Crippen molar-refractivity contribution in [2.75, 3.05) is 5.33 Å². The largest absolute Gasteiger partial charge is 2.00 e. The third kappa shape index (κ3) is 39.0. The van der Waals surface area contributed by atoms with Gasteiger partial charge in [-0.3, -0.25) is 6.08 Å². The van der Waals surface area contributed by atoms with Gasteiger partial charge in [-0.25, -0.2) is 12.2 Å². The molecule has 1 aliphatic rings. The van der Waals surface area contributed by atoms with Crippen LogP contribution in [0.25, 0.3) is 0 Å². The van der Waals surface area contributed by atoms with Crippen molar-refractivity contribution in [3.8, 4) is 0 Å². The predicted octanol–water partition coefficient (Wildman–Crippen LogP) is 4.49. The van der Waals surface area contributed by atoms with E-state index in [9.17, 15) is 0 Å². The number of allylic oxidation sites excluding steroid dienone is 5. The molecule has 78 valence electrons. The van der Waals surface area contributed by atoms with Gasteiger partial charge in [0, 0.05) is 5.33 Å². The fourth-order valence-corrected chi connectivity index (χ4v) is 0.340. The van der Waals surface area contributed by atoms with Gasteiger partial charge in [0.15, 0.2) is 0 Å². The second-order valence-corrected chi connectivity index (χ2v) is 3.59. The van der Waals surface area contributed by atoms with Crippen LogP contribution < -0.4 is 0 Å². The van der Waals surface area contributed by atoms with Crippen LogP contribution in [0.1, 0.15) is 27.2 Å². The number of hydrogen-bond donors (Lipinski definition) is 0. The van der Waals surface area contributed by atoms with Gasteiger partial charge in [0.05, 0.1) is 0 Å². The van der Waals surface area contributed by atoms with Gasteiger partial charge < -0.3 is 5.92 Å². The molecule has 1 rings (SSSR count). The van der Waals surface area contributed by atoms with Gasteiger partial charge in [0.2, 0.25) is 0 Å². The molecule has 0 fully saturated rings. The van der Waals surface area contributed by atoms with Gasteiger partial charge in [-0.1, -0.05) is 22.0 Å². The molecule has 0 bridgehead atoms. The molecule has 0 aromatic rings. The van der Waals surface area contributed by atoms with E-state index in [2.05, 4.69) is 55.4 Å². The summed E-state index contributed by atoms with van der Waals surface area (Å²) in [5, 5.41) is 0.896. The first-order valence-corrected chi connectivity index (χ1v) is 5.42. The zero-order valence-corrected chi connectivity index (χ0v) is 13.4. The molecular formula is C12H19BrZr. The molecule has 0 aromatic heterocycles. The summed E-state index contributed by atoms with van der Waals surface area (Å²) in [6.07, 6.45) is 11.8. The van der Waals surface area contributed by atoms with Crippen LogP contribution in [-0.2, 0) is 26.2 Å². The number of alkyl halides is 1. The van der Waals surface area contributed by atoms with Crippen LogP contribution >= 0.6 is 15.9 Å². The van der Waals surface area contributed by atoms with Crippen LogP contribution in [0.4, 0.5) is 0 Å². The van der Waals surface area contributed by atoms with Crippen LogP contribution in [0.3, 0.4) is 0 Å². The summed E-state index contributed by atoms with van der Waals surface area (Å²) in [6, 6.07) is 0. The minimum Gasteiger partial charge on any atom is -0.323 e. The summed E-state index contributed by atoms with van der Waals surface area (Å²) in [5.41, 5.74) is 0. The average Bonchev–Trinajstić information content (AvgIpc) is 2.59. The van der Waals surface area contributed by atoms with E-state index in [4.69, 9.17) is 0 Å². The first-order valence-electron chi connectivity index (χ1n) is 4.30. The quantitative estimate of drug-likeness (QED) is 0.376. The number of halogens is 1. The Balaban J connectivity index is -0.000000127. The molecule has 0 saturated heterocycles. The summed E-state index contributed by atoms with van der Waals surface area (Å²) in [7, 11) is 0. The third-order valence-electron chi connectivity index (χ3n) is 0.695. The van der Waals surface area contributed by atoms with Crippen LogP contribution in [0.2, 0.25) is 0 Å². The normalized spacial score (nSPS) is 10.6. The van der Waals surface area contributed by atoms with Gasteiger partial charge in [-0.05, 0) is 0 Å². The summed E-state index contributed by atoms with van der Waals surface area (Å²) in [6.45, 7) is 9.68. The molecule has 0 nitrogen and oxygen atoms in total. The molecule has 0 saturated carbocycles. The Labute approximate surface area is 117 Å². The van der Waals surface area contributed by atoms with Gasteiger partial charge in [-0.2, -0.15) is 26.8 Å². The predicted molar refractivity (Wildman–Crippen MR) is 65.8 cm³/mol. The molecule has 0 aromatic carbocycles. The van der Waals surface area contributed by atoms with Gasteiger partial charge in [0.25, 0.3) is 0 Å². The van der Waals surface area contributed by atoms with E-state index in [1.54, 1.807) is 6.08 Å². The summed E-state index contributed by atoms with van der Waals surface area (Å²) in [5.74, 6) is 1.42. The SMILES string of the molecule is C=CCBr.C[C-](C)C.[C-]1=CC=CC1.[Zr+2]. The van der Waals surface area contributed by atoms with E-state index in [0.717, 1.165) is 11.8 Å². The second kappa shape index (κ2) is 19.2. The Hall–Kier alpha value is 0.583. The zero-order chi connectivity index (χ0) is 10.5. The Morgan fingerprint density at radius 3 is 2.00 bits per heavy atom. The summed E-state index contributed by atoms with van der Waals surface area (Å²) in [4.78, 5) is 0. The molecule has 0 unspecified atom stereocenters. The average molecular weight is 334 g/mol. The first kappa shape index (κ1) is 20.1. The van der Waals surface area contributed by atoms with Crippen molar-refractivity contribution in [1.29, 1.82) is 0 Å². The minimum absolute atomic E-state index is 0. The minimum atomic E-state index is 0. The zero-order valence-electron chi connectivity index (χ0n) is 9.31. The van der Waals surface area contributed by atoms with E-state index in [1.165, 1.54) is 5.92 Å². The standard InChI is InChI=1S/C5H5.C4H9.C3H5Br.Zr/c1-2-4-5-3-1;1-4(2)3;1-2-3-4;/h1-3H,4H2;1-3H3;2H,1,3H2;/q2*-1;;+2. The third-order valence-corrected chi connectivity index (χ3v) is 1.15. The molecule has 2 heteroatoms. The van der Waals surface area contributed by atoms with Gasteiger partial charge in [-0.15, -0.1) is 13.0 Å². The van der Waals surface area contributed by atoms with E-state index in [-0.39, 0.29) is 26.2 Å². The molecule has 14 heavy (non-hydrogen) atoms. The topological polar surface area (TPSA) is 0 Å². The van der Waals surface area contributed by atoms with Crippen LogP contribution in [0.5, 0.6) is 0 Å². The fourth-order valence-electron chi connectivity index (χ4n) is 0.340. The Bertz CT molecular complexity index is 136. The van der Waals surface area contributed by atoms with Crippen molar-refractivity contribution in [3.05, 3.63) is 42.9 Å². The molecule has 0 amide bonds. The second-order valence-electron chi connectivity index (χ2n) is 2.95. The maximum atomic E-state index is 3.43.